The van der Waals surface area contributed by atoms with Gasteiger partial charge < -0.3 is 15.0 Å². The van der Waals surface area contributed by atoms with E-state index < -0.39 is 6.04 Å². The number of ether oxygens (including phenoxy) is 1. The Morgan fingerprint density at radius 1 is 1.17 bits per heavy atom. The molecule has 1 N–H and O–H groups in total. The molecule has 0 unspecified atom stereocenters. The van der Waals surface area contributed by atoms with Crippen LogP contribution in [-0.2, 0) is 16.1 Å². The number of aryl methyl sites for hydroxylation is 1. The maximum Gasteiger partial charge on any atom is 0.261 e. The molecule has 0 aliphatic heterocycles. The second-order valence-corrected chi connectivity index (χ2v) is 8.44. The lowest BCUT2D eigenvalue weighted by molar-refractivity contribution is -0.142. The van der Waals surface area contributed by atoms with Crippen LogP contribution in [-0.4, -0.2) is 35.4 Å². The highest BCUT2D eigenvalue weighted by Crippen LogP contribution is 2.28. The van der Waals surface area contributed by atoms with Gasteiger partial charge in [-0.2, -0.15) is 0 Å². The van der Waals surface area contributed by atoms with Gasteiger partial charge in [-0.25, -0.2) is 0 Å². The van der Waals surface area contributed by atoms with Crippen molar-refractivity contribution in [3.63, 3.8) is 0 Å². The van der Waals surface area contributed by atoms with Crippen molar-refractivity contribution in [3.05, 3.63) is 63.1 Å². The smallest absolute Gasteiger partial charge is 0.261 e. The Kier molecular flexibility index (Phi) is 8.53. The summed E-state index contributed by atoms with van der Waals surface area (Å²) in [5.74, 6) is 0.0361. The van der Waals surface area contributed by atoms with Crippen LogP contribution in [0.4, 0.5) is 0 Å². The summed E-state index contributed by atoms with van der Waals surface area (Å²) in [7, 11) is 0. The molecule has 2 rings (SSSR count). The third-order valence-corrected chi connectivity index (χ3v) is 5.30. The lowest BCUT2D eigenvalue weighted by Crippen LogP contribution is -2.50. The Balaban J connectivity index is 2.19. The average Bonchev–Trinajstić information content (AvgIpc) is 2.65. The number of nitrogens with zero attached hydrogens (tertiary/aromatic N) is 1. The van der Waals surface area contributed by atoms with E-state index in [9.17, 15) is 9.59 Å². The van der Waals surface area contributed by atoms with Crippen molar-refractivity contribution in [2.75, 3.05) is 6.61 Å². The van der Waals surface area contributed by atoms with Crippen molar-refractivity contribution in [1.82, 2.24) is 10.2 Å². The first-order valence-corrected chi connectivity index (χ1v) is 10.6. The van der Waals surface area contributed by atoms with Crippen LogP contribution in [0.25, 0.3) is 0 Å². The van der Waals surface area contributed by atoms with Gasteiger partial charge in [0, 0.05) is 17.6 Å². The Morgan fingerprint density at radius 2 is 1.86 bits per heavy atom. The molecule has 2 aromatic carbocycles. The fourth-order valence-electron chi connectivity index (χ4n) is 2.77. The Labute approximate surface area is 185 Å². The van der Waals surface area contributed by atoms with Crippen LogP contribution in [0.1, 0.15) is 31.9 Å². The predicted octanol–water partition coefficient (Wildman–Crippen LogP) is 4.73. The quantitative estimate of drug-likeness (QED) is 0.593. The van der Waals surface area contributed by atoms with Gasteiger partial charge in [0.1, 0.15) is 11.8 Å². The van der Waals surface area contributed by atoms with Crippen molar-refractivity contribution >= 4 is 39.3 Å². The third-order valence-electron chi connectivity index (χ3n) is 4.45. The number of carbonyl (C=O) groups is 2. The lowest BCUT2D eigenvalue weighted by Gasteiger charge is -2.29. The van der Waals surface area contributed by atoms with E-state index in [0.717, 1.165) is 11.1 Å². The molecule has 0 heterocycles. The molecule has 0 aliphatic carbocycles. The number of nitrogens with one attached hydrogen (secondary N) is 1. The number of carbonyl (C=O) groups excluding carboxylic acids is 2. The first-order valence-electron chi connectivity index (χ1n) is 9.41. The zero-order valence-electron chi connectivity index (χ0n) is 17.0. The van der Waals surface area contributed by atoms with Crippen LogP contribution in [0.5, 0.6) is 5.75 Å². The summed E-state index contributed by atoms with van der Waals surface area (Å²) in [6, 6.07) is 12.2. The van der Waals surface area contributed by atoms with Crippen molar-refractivity contribution in [2.24, 2.45) is 0 Å². The van der Waals surface area contributed by atoms with Gasteiger partial charge in [-0.15, -0.1) is 0 Å². The van der Waals surface area contributed by atoms with E-state index in [1.165, 1.54) is 0 Å². The topological polar surface area (TPSA) is 58.6 Å². The van der Waals surface area contributed by atoms with E-state index >= 15 is 0 Å². The minimum Gasteiger partial charge on any atom is -0.483 e. The van der Waals surface area contributed by atoms with Gasteiger partial charge >= 0.3 is 0 Å². The van der Waals surface area contributed by atoms with Gasteiger partial charge in [0.05, 0.1) is 4.47 Å². The summed E-state index contributed by atoms with van der Waals surface area (Å²) in [5.41, 5.74) is 2.04. The lowest BCUT2D eigenvalue weighted by atomic mass is 10.1. The molecule has 7 heteroatoms. The Bertz CT molecular complexity index is 873. The van der Waals surface area contributed by atoms with Crippen LogP contribution in [0.2, 0.25) is 5.02 Å². The predicted molar refractivity (Wildman–Crippen MR) is 119 cm³/mol. The van der Waals surface area contributed by atoms with E-state index in [1.807, 2.05) is 45.0 Å². The number of halogens is 2. The molecule has 0 aromatic heterocycles. The number of hydrogen-bond acceptors (Lipinski definition) is 3. The number of benzene rings is 2. The highest BCUT2D eigenvalue weighted by atomic mass is 79.9. The molecule has 156 valence electrons. The molecule has 0 aliphatic rings. The molecule has 1 atom stereocenters. The van der Waals surface area contributed by atoms with E-state index in [1.54, 1.807) is 30.0 Å². The first-order chi connectivity index (χ1) is 13.7. The Hall–Kier alpha value is -2.05. The molecule has 0 radical (unpaired) electrons. The number of rotatable bonds is 8. The van der Waals surface area contributed by atoms with E-state index in [0.29, 0.717) is 21.8 Å². The zero-order valence-corrected chi connectivity index (χ0v) is 19.4. The van der Waals surface area contributed by atoms with E-state index in [-0.39, 0.29) is 24.5 Å². The van der Waals surface area contributed by atoms with E-state index in [2.05, 4.69) is 21.2 Å². The highest BCUT2D eigenvalue weighted by molar-refractivity contribution is 9.10. The van der Waals surface area contributed by atoms with Gasteiger partial charge in [0.2, 0.25) is 5.91 Å². The van der Waals surface area contributed by atoms with Gasteiger partial charge in [-0.3, -0.25) is 9.59 Å². The summed E-state index contributed by atoms with van der Waals surface area (Å²) in [6.07, 6.45) is 0. The second-order valence-electron chi connectivity index (χ2n) is 7.15. The van der Waals surface area contributed by atoms with E-state index in [4.69, 9.17) is 16.3 Å². The SMILES string of the molecule is Cc1ccccc1CN(C(=O)COc1ccc(Cl)cc1Br)[C@H](C)C(=O)NC(C)C. The summed E-state index contributed by atoms with van der Waals surface area (Å²) in [5, 5.41) is 3.44. The van der Waals surface area contributed by atoms with Crippen LogP contribution >= 0.6 is 27.5 Å². The minimum absolute atomic E-state index is 0.0124. The van der Waals surface area contributed by atoms with Crippen LogP contribution < -0.4 is 10.1 Å². The normalized spacial score (nSPS) is 11.8. The van der Waals surface area contributed by atoms with Crippen molar-refractivity contribution < 1.29 is 14.3 Å². The maximum atomic E-state index is 13.0. The standard InChI is InChI=1S/C22H26BrClN2O3/c1-14(2)25-22(28)16(4)26(12-17-8-6-5-7-15(17)3)21(27)13-29-20-10-9-18(24)11-19(20)23/h5-11,14,16H,12-13H2,1-4H3,(H,25,28)/t16-/m1/s1. The summed E-state index contributed by atoms with van der Waals surface area (Å²) in [4.78, 5) is 27.1. The minimum atomic E-state index is -0.637. The molecule has 0 spiro atoms. The van der Waals surface area contributed by atoms with Gasteiger partial charge in [-0.1, -0.05) is 35.9 Å². The molecular formula is C22H26BrClN2O3. The second kappa shape index (κ2) is 10.6. The number of hydrogen-bond donors (Lipinski definition) is 1. The molecule has 29 heavy (non-hydrogen) atoms. The van der Waals surface area contributed by atoms with Crippen LogP contribution in [0.3, 0.4) is 0 Å². The molecule has 0 saturated carbocycles. The monoisotopic (exact) mass is 480 g/mol. The molecule has 0 bridgehead atoms. The third kappa shape index (κ3) is 6.75. The number of amides is 2. The fraction of sp³-hybridized carbons (Fsp3) is 0.364. The summed E-state index contributed by atoms with van der Waals surface area (Å²) >= 11 is 9.33. The zero-order chi connectivity index (χ0) is 21.6. The summed E-state index contributed by atoms with van der Waals surface area (Å²) < 4.78 is 6.35. The average molecular weight is 482 g/mol. The molecular weight excluding hydrogens is 456 g/mol. The van der Waals surface area contributed by atoms with Crippen LogP contribution in [0.15, 0.2) is 46.9 Å². The fourth-order valence-corrected chi connectivity index (χ4v) is 3.57. The van der Waals surface area contributed by atoms with Gasteiger partial charge in [0.25, 0.3) is 5.91 Å². The first kappa shape index (κ1) is 23.2. The van der Waals surface area contributed by atoms with Crippen molar-refractivity contribution in [3.8, 4) is 5.75 Å². The maximum absolute atomic E-state index is 13.0. The molecule has 0 fully saturated rings. The van der Waals surface area contributed by atoms with Crippen LogP contribution in [0, 0.1) is 6.92 Å². The van der Waals surface area contributed by atoms with Gasteiger partial charge in [0.15, 0.2) is 6.61 Å². The molecule has 2 amide bonds. The Morgan fingerprint density at radius 3 is 2.48 bits per heavy atom. The highest BCUT2D eigenvalue weighted by Gasteiger charge is 2.27. The summed E-state index contributed by atoms with van der Waals surface area (Å²) in [6.45, 7) is 7.62. The molecule has 2 aromatic rings. The van der Waals surface area contributed by atoms with Crippen molar-refractivity contribution in [1.29, 1.82) is 0 Å². The van der Waals surface area contributed by atoms with Crippen molar-refractivity contribution in [2.45, 2.75) is 46.3 Å². The largest absolute Gasteiger partial charge is 0.483 e. The van der Waals surface area contributed by atoms with Gasteiger partial charge in [-0.05, 0) is 73.0 Å². The molecule has 5 nitrogen and oxygen atoms in total. The molecule has 0 saturated heterocycles.